The Morgan fingerprint density at radius 1 is 1.18 bits per heavy atom. The van der Waals surface area contributed by atoms with Crippen LogP contribution in [0.1, 0.15) is 37.7 Å². The molecule has 1 spiro atoms. The van der Waals surface area contributed by atoms with Gasteiger partial charge in [-0.3, -0.25) is 0 Å². The van der Waals surface area contributed by atoms with E-state index in [1.54, 1.807) is 0 Å². The largest absolute Gasteiger partial charge is 0.378 e. The van der Waals surface area contributed by atoms with Gasteiger partial charge in [-0.2, -0.15) is 0 Å². The lowest BCUT2D eigenvalue weighted by Crippen LogP contribution is -2.53. The monoisotopic (exact) mass is 394 g/mol. The van der Waals surface area contributed by atoms with Crippen molar-refractivity contribution in [2.45, 2.75) is 50.2 Å². The highest BCUT2D eigenvalue weighted by Gasteiger charge is 2.41. The van der Waals surface area contributed by atoms with E-state index in [2.05, 4.69) is 5.32 Å². The standard InChI is InChI=1S/C21H28F2N2O3/c22-18-2-1-3-19(23)17(18)12-15-4-8-25(9-5-15)20(26)24-16-6-10-28-21(13-16)7-11-27-14-21/h1-3,15-16H,4-14H2,(H,24,26)/t16-,21+/m1/s1. The van der Waals surface area contributed by atoms with E-state index in [1.807, 2.05) is 4.90 Å². The number of piperidine rings is 1. The normalized spacial score (nSPS) is 28.6. The Bertz CT molecular complexity index is 681. The highest BCUT2D eigenvalue weighted by atomic mass is 19.1. The van der Waals surface area contributed by atoms with Crippen LogP contribution in [-0.2, 0) is 15.9 Å². The molecular formula is C21H28F2N2O3. The number of carbonyl (C=O) groups excluding carboxylic acids is 1. The van der Waals surface area contributed by atoms with E-state index < -0.39 is 11.6 Å². The van der Waals surface area contributed by atoms with Crippen LogP contribution in [0.5, 0.6) is 0 Å². The van der Waals surface area contributed by atoms with Crippen molar-refractivity contribution in [3.63, 3.8) is 0 Å². The number of ether oxygens (including phenoxy) is 2. The summed E-state index contributed by atoms with van der Waals surface area (Å²) >= 11 is 0. The Kier molecular flexibility index (Phi) is 5.83. The smallest absolute Gasteiger partial charge is 0.317 e. The summed E-state index contributed by atoms with van der Waals surface area (Å²) in [5.41, 5.74) is -0.0655. The number of benzene rings is 1. The first kappa shape index (κ1) is 19.6. The summed E-state index contributed by atoms with van der Waals surface area (Å²) in [6.07, 6.45) is 4.39. The third-order valence-corrected chi connectivity index (χ3v) is 6.34. The molecule has 2 atom stereocenters. The predicted octanol–water partition coefficient (Wildman–Crippen LogP) is 3.27. The molecule has 1 aromatic rings. The number of rotatable bonds is 3. The first-order valence-electron chi connectivity index (χ1n) is 10.2. The lowest BCUT2D eigenvalue weighted by molar-refractivity contribution is -0.0882. The molecular weight excluding hydrogens is 366 g/mol. The maximum Gasteiger partial charge on any atom is 0.317 e. The van der Waals surface area contributed by atoms with Crippen molar-refractivity contribution in [3.05, 3.63) is 35.4 Å². The second-order valence-corrected chi connectivity index (χ2v) is 8.31. The van der Waals surface area contributed by atoms with Gasteiger partial charge in [0.1, 0.15) is 11.6 Å². The molecule has 28 heavy (non-hydrogen) atoms. The van der Waals surface area contributed by atoms with Crippen molar-refractivity contribution in [2.75, 3.05) is 32.9 Å². The third-order valence-electron chi connectivity index (χ3n) is 6.34. The Balaban J connectivity index is 1.26. The van der Waals surface area contributed by atoms with Crippen LogP contribution in [-0.4, -0.2) is 55.5 Å². The van der Waals surface area contributed by atoms with Gasteiger partial charge in [-0.1, -0.05) is 6.07 Å². The molecule has 3 aliphatic heterocycles. The molecule has 7 heteroatoms. The van der Waals surface area contributed by atoms with E-state index in [4.69, 9.17) is 9.47 Å². The van der Waals surface area contributed by atoms with Gasteiger partial charge in [0, 0.05) is 44.3 Å². The molecule has 0 radical (unpaired) electrons. The molecule has 4 rings (SSSR count). The average molecular weight is 394 g/mol. The minimum Gasteiger partial charge on any atom is -0.378 e. The van der Waals surface area contributed by atoms with Gasteiger partial charge in [0.15, 0.2) is 0 Å². The molecule has 154 valence electrons. The molecule has 0 bridgehead atoms. The molecule has 5 nitrogen and oxygen atoms in total. The minimum atomic E-state index is -0.482. The fourth-order valence-corrected chi connectivity index (χ4v) is 4.64. The summed E-state index contributed by atoms with van der Waals surface area (Å²) in [5, 5.41) is 3.15. The summed E-state index contributed by atoms with van der Waals surface area (Å²) in [4.78, 5) is 14.5. The Labute approximate surface area is 164 Å². The van der Waals surface area contributed by atoms with Gasteiger partial charge in [0.2, 0.25) is 0 Å². The zero-order valence-electron chi connectivity index (χ0n) is 16.1. The number of nitrogens with zero attached hydrogens (tertiary/aromatic N) is 1. The van der Waals surface area contributed by atoms with Crippen LogP contribution in [0.2, 0.25) is 0 Å². The zero-order valence-corrected chi connectivity index (χ0v) is 16.1. The fraction of sp³-hybridized carbons (Fsp3) is 0.667. The minimum absolute atomic E-state index is 0.0449. The topological polar surface area (TPSA) is 50.8 Å². The lowest BCUT2D eigenvalue weighted by atomic mass is 9.89. The number of urea groups is 1. The maximum atomic E-state index is 13.9. The number of amides is 2. The van der Waals surface area contributed by atoms with Gasteiger partial charge in [-0.25, -0.2) is 13.6 Å². The van der Waals surface area contributed by atoms with Crippen LogP contribution in [0.15, 0.2) is 18.2 Å². The molecule has 3 saturated heterocycles. The molecule has 0 saturated carbocycles. The lowest BCUT2D eigenvalue weighted by Gasteiger charge is -2.39. The van der Waals surface area contributed by atoms with Crippen molar-refractivity contribution in [3.8, 4) is 0 Å². The third kappa shape index (κ3) is 4.30. The molecule has 0 aliphatic carbocycles. The zero-order chi connectivity index (χ0) is 19.6. The number of carbonyl (C=O) groups is 1. The van der Waals surface area contributed by atoms with Crippen molar-refractivity contribution in [1.82, 2.24) is 10.2 Å². The summed E-state index contributed by atoms with van der Waals surface area (Å²) in [5.74, 6) is -0.772. The Morgan fingerprint density at radius 2 is 1.93 bits per heavy atom. The SMILES string of the molecule is O=C(N[C@@H]1CCO[C@@]2(CCOC2)C1)N1CCC(Cc2c(F)cccc2F)CC1. The van der Waals surface area contributed by atoms with Crippen molar-refractivity contribution < 1.29 is 23.0 Å². The van der Waals surface area contributed by atoms with Crippen LogP contribution in [0, 0.1) is 17.6 Å². The van der Waals surface area contributed by atoms with Crippen LogP contribution in [0.25, 0.3) is 0 Å². The Morgan fingerprint density at radius 3 is 2.61 bits per heavy atom. The number of halogens is 2. The molecule has 1 aromatic carbocycles. The highest BCUT2D eigenvalue weighted by Crippen LogP contribution is 2.33. The van der Waals surface area contributed by atoms with Gasteiger partial charge in [0.05, 0.1) is 12.2 Å². The van der Waals surface area contributed by atoms with Gasteiger partial charge in [0.25, 0.3) is 0 Å². The first-order valence-corrected chi connectivity index (χ1v) is 10.2. The second-order valence-electron chi connectivity index (χ2n) is 8.31. The molecule has 0 aromatic heterocycles. The summed E-state index contributed by atoms with van der Waals surface area (Å²) < 4.78 is 39.1. The average Bonchev–Trinajstić information content (AvgIpc) is 3.13. The van der Waals surface area contributed by atoms with Crippen LogP contribution in [0.3, 0.4) is 0 Å². The Hall–Kier alpha value is -1.73. The summed E-state index contributed by atoms with van der Waals surface area (Å²) in [7, 11) is 0. The van der Waals surface area contributed by atoms with E-state index in [1.165, 1.54) is 18.2 Å². The van der Waals surface area contributed by atoms with Gasteiger partial charge in [-0.05, 0) is 50.2 Å². The van der Waals surface area contributed by atoms with Gasteiger partial charge in [-0.15, -0.1) is 0 Å². The first-order chi connectivity index (χ1) is 13.5. The van der Waals surface area contributed by atoms with Crippen LogP contribution < -0.4 is 5.32 Å². The summed E-state index contributed by atoms with van der Waals surface area (Å²) in [6, 6.07) is 4.05. The van der Waals surface area contributed by atoms with Gasteiger partial charge < -0.3 is 19.7 Å². The second kappa shape index (κ2) is 8.33. The van der Waals surface area contributed by atoms with E-state index in [0.717, 1.165) is 38.7 Å². The van der Waals surface area contributed by atoms with E-state index >= 15 is 0 Å². The molecule has 3 aliphatic rings. The van der Waals surface area contributed by atoms with E-state index in [0.29, 0.717) is 32.7 Å². The number of nitrogens with one attached hydrogen (secondary N) is 1. The molecule has 2 amide bonds. The van der Waals surface area contributed by atoms with Crippen molar-refractivity contribution in [2.24, 2.45) is 5.92 Å². The molecule has 0 unspecified atom stereocenters. The van der Waals surface area contributed by atoms with Gasteiger partial charge >= 0.3 is 6.03 Å². The van der Waals surface area contributed by atoms with Crippen LogP contribution >= 0.6 is 0 Å². The quantitative estimate of drug-likeness (QED) is 0.856. The molecule has 1 N–H and O–H groups in total. The maximum absolute atomic E-state index is 13.9. The highest BCUT2D eigenvalue weighted by molar-refractivity contribution is 5.74. The van der Waals surface area contributed by atoms with Crippen molar-refractivity contribution >= 4 is 6.03 Å². The van der Waals surface area contributed by atoms with Crippen LogP contribution in [0.4, 0.5) is 13.6 Å². The van der Waals surface area contributed by atoms with Crippen molar-refractivity contribution in [1.29, 1.82) is 0 Å². The van der Waals surface area contributed by atoms with E-state index in [9.17, 15) is 13.6 Å². The number of hydrogen-bond acceptors (Lipinski definition) is 3. The van der Waals surface area contributed by atoms with E-state index in [-0.39, 0.29) is 29.2 Å². The molecule has 3 heterocycles. The number of likely N-dealkylation sites (tertiary alicyclic amines) is 1. The number of hydrogen-bond donors (Lipinski definition) is 1. The predicted molar refractivity (Wildman–Crippen MR) is 100 cm³/mol. The summed E-state index contributed by atoms with van der Waals surface area (Å²) in [6.45, 7) is 3.20. The fourth-order valence-electron chi connectivity index (χ4n) is 4.64. The molecule has 3 fully saturated rings.